The molecule has 1 aliphatic heterocycles. The van der Waals surface area contributed by atoms with Crippen molar-refractivity contribution in [2.24, 2.45) is 7.05 Å². The van der Waals surface area contributed by atoms with Crippen LogP contribution in [0.4, 0.5) is 10.1 Å². The molecule has 3 aromatic rings. The molecule has 1 aliphatic rings. The van der Waals surface area contributed by atoms with Gasteiger partial charge in [0.25, 0.3) is 5.91 Å². The van der Waals surface area contributed by atoms with Gasteiger partial charge < -0.3 is 19.5 Å². The number of benzene rings is 2. The summed E-state index contributed by atoms with van der Waals surface area (Å²) in [6.07, 6.45) is 0.123. The third-order valence-electron chi connectivity index (χ3n) is 5.49. The number of rotatable bonds is 4. The number of morpholine rings is 1. The van der Waals surface area contributed by atoms with E-state index >= 15 is 0 Å². The summed E-state index contributed by atoms with van der Waals surface area (Å²) in [5, 5.41) is 3.89. The highest BCUT2D eigenvalue weighted by atomic mass is 79.9. The Morgan fingerprint density at radius 3 is 2.57 bits per heavy atom. The van der Waals surface area contributed by atoms with E-state index < -0.39 is 0 Å². The zero-order valence-corrected chi connectivity index (χ0v) is 18.9. The number of ether oxygens (including phenoxy) is 1. The molecule has 158 valence electrons. The van der Waals surface area contributed by atoms with Crippen molar-refractivity contribution in [3.8, 4) is 0 Å². The molecule has 1 saturated heterocycles. The van der Waals surface area contributed by atoms with Gasteiger partial charge in [0.05, 0.1) is 22.4 Å². The monoisotopic (exact) mass is 473 g/mol. The van der Waals surface area contributed by atoms with E-state index in [0.29, 0.717) is 30.0 Å². The first-order valence-electron chi connectivity index (χ1n) is 10.0. The fourth-order valence-corrected chi connectivity index (χ4v) is 4.94. The molecule has 1 N–H and O–H groups in total. The number of amides is 1. The van der Waals surface area contributed by atoms with Crippen LogP contribution in [-0.4, -0.2) is 35.8 Å². The number of carbonyl (C=O) groups excluding carboxylic acids is 1. The second kappa shape index (κ2) is 8.40. The number of hydrogen-bond donors (Lipinski definition) is 1. The standard InChI is InChI=1S/C23H25BrFN3O2/c1-14-12-28(13-15(2)30-14)20-9-8-16(10-18(20)25)11-26-23(29)22-21(24)17-6-4-5-7-19(17)27(22)3/h4-10,14-15H,11-13H2,1-3H3,(H,26,29). The van der Waals surface area contributed by atoms with Crippen LogP contribution < -0.4 is 10.2 Å². The molecule has 0 aliphatic carbocycles. The van der Waals surface area contributed by atoms with Crippen molar-refractivity contribution in [3.63, 3.8) is 0 Å². The average Bonchev–Trinajstić information content (AvgIpc) is 2.96. The fourth-order valence-electron chi connectivity index (χ4n) is 4.16. The maximum atomic E-state index is 14.8. The summed E-state index contributed by atoms with van der Waals surface area (Å²) in [7, 11) is 1.86. The van der Waals surface area contributed by atoms with Crippen LogP contribution in [0.2, 0.25) is 0 Å². The van der Waals surface area contributed by atoms with Gasteiger partial charge in [-0.3, -0.25) is 4.79 Å². The van der Waals surface area contributed by atoms with Gasteiger partial charge in [0.15, 0.2) is 0 Å². The summed E-state index contributed by atoms with van der Waals surface area (Å²) >= 11 is 3.55. The van der Waals surface area contributed by atoms with Gasteiger partial charge in [0.1, 0.15) is 11.5 Å². The van der Waals surface area contributed by atoms with Crippen LogP contribution >= 0.6 is 15.9 Å². The fraction of sp³-hybridized carbons (Fsp3) is 0.348. The predicted octanol–water partition coefficient (Wildman–Crippen LogP) is 4.62. The topological polar surface area (TPSA) is 46.5 Å². The molecule has 0 radical (unpaired) electrons. The Morgan fingerprint density at radius 1 is 1.20 bits per heavy atom. The Balaban J connectivity index is 1.48. The molecular formula is C23H25BrFN3O2. The van der Waals surface area contributed by atoms with Gasteiger partial charge in [0, 0.05) is 37.6 Å². The molecule has 1 amide bonds. The molecule has 1 fully saturated rings. The van der Waals surface area contributed by atoms with E-state index in [4.69, 9.17) is 4.74 Å². The Bertz CT molecular complexity index is 1050. The van der Waals surface area contributed by atoms with E-state index in [1.807, 2.05) is 60.7 Å². The minimum absolute atomic E-state index is 0.0614. The Morgan fingerprint density at radius 2 is 1.90 bits per heavy atom. The van der Waals surface area contributed by atoms with Crippen LogP contribution in [0.15, 0.2) is 46.9 Å². The van der Waals surface area contributed by atoms with Gasteiger partial charge in [-0.2, -0.15) is 0 Å². The Hall–Kier alpha value is -2.38. The van der Waals surface area contributed by atoms with Crippen LogP contribution in [0.5, 0.6) is 0 Å². The van der Waals surface area contributed by atoms with E-state index in [1.165, 1.54) is 6.07 Å². The largest absolute Gasteiger partial charge is 0.372 e. The van der Waals surface area contributed by atoms with Gasteiger partial charge in [-0.1, -0.05) is 24.3 Å². The van der Waals surface area contributed by atoms with E-state index in [9.17, 15) is 9.18 Å². The van der Waals surface area contributed by atoms with Crippen molar-refractivity contribution in [1.29, 1.82) is 0 Å². The summed E-state index contributed by atoms with van der Waals surface area (Å²) in [5.41, 5.74) is 2.81. The predicted molar refractivity (Wildman–Crippen MR) is 120 cm³/mol. The highest BCUT2D eigenvalue weighted by Gasteiger charge is 2.24. The maximum absolute atomic E-state index is 14.8. The van der Waals surface area contributed by atoms with Crippen molar-refractivity contribution in [3.05, 3.63) is 64.0 Å². The third kappa shape index (κ3) is 3.96. The minimum Gasteiger partial charge on any atom is -0.372 e. The SMILES string of the molecule is CC1CN(c2ccc(CNC(=O)c3c(Br)c4ccccc4n3C)cc2F)CC(C)O1. The summed E-state index contributed by atoms with van der Waals surface area (Å²) in [6, 6.07) is 13.0. The molecule has 0 saturated carbocycles. The Kier molecular flexibility index (Phi) is 5.84. The van der Waals surface area contributed by atoms with Crippen molar-refractivity contribution >= 4 is 38.4 Å². The number of aryl methyl sites for hydroxylation is 1. The minimum atomic E-state index is -0.283. The summed E-state index contributed by atoms with van der Waals surface area (Å²) in [4.78, 5) is 14.8. The number of hydrogen-bond acceptors (Lipinski definition) is 3. The van der Waals surface area contributed by atoms with Crippen molar-refractivity contribution in [1.82, 2.24) is 9.88 Å². The lowest BCUT2D eigenvalue weighted by Gasteiger charge is -2.37. The van der Waals surface area contributed by atoms with Gasteiger partial charge >= 0.3 is 0 Å². The molecule has 5 nitrogen and oxygen atoms in total. The van der Waals surface area contributed by atoms with Crippen molar-refractivity contribution in [2.45, 2.75) is 32.6 Å². The lowest BCUT2D eigenvalue weighted by atomic mass is 10.1. The highest BCUT2D eigenvalue weighted by molar-refractivity contribution is 9.10. The van der Waals surface area contributed by atoms with Gasteiger partial charge in [-0.15, -0.1) is 0 Å². The Labute approximate surface area is 183 Å². The molecule has 4 rings (SSSR count). The number of carbonyl (C=O) groups is 1. The average molecular weight is 474 g/mol. The summed E-state index contributed by atoms with van der Waals surface area (Å²) < 4.78 is 23.1. The zero-order valence-electron chi connectivity index (χ0n) is 17.3. The number of nitrogens with zero attached hydrogens (tertiary/aromatic N) is 2. The van der Waals surface area contributed by atoms with Crippen LogP contribution in [0.25, 0.3) is 10.9 Å². The van der Waals surface area contributed by atoms with Crippen LogP contribution in [0.3, 0.4) is 0 Å². The molecule has 1 aromatic heterocycles. The van der Waals surface area contributed by atoms with Crippen LogP contribution in [0.1, 0.15) is 29.9 Å². The van der Waals surface area contributed by atoms with E-state index in [-0.39, 0.29) is 30.5 Å². The first-order chi connectivity index (χ1) is 14.3. The van der Waals surface area contributed by atoms with Crippen LogP contribution in [-0.2, 0) is 18.3 Å². The molecule has 0 bridgehead atoms. The quantitative estimate of drug-likeness (QED) is 0.600. The van der Waals surface area contributed by atoms with Gasteiger partial charge in [-0.05, 0) is 53.5 Å². The van der Waals surface area contributed by atoms with E-state index in [2.05, 4.69) is 21.2 Å². The number of halogens is 2. The number of aromatic nitrogens is 1. The number of fused-ring (bicyclic) bond motifs is 1. The van der Waals surface area contributed by atoms with Crippen molar-refractivity contribution in [2.75, 3.05) is 18.0 Å². The number of nitrogens with one attached hydrogen (secondary N) is 1. The molecule has 30 heavy (non-hydrogen) atoms. The zero-order chi connectivity index (χ0) is 21.4. The van der Waals surface area contributed by atoms with E-state index in [1.54, 1.807) is 6.07 Å². The lowest BCUT2D eigenvalue weighted by Crippen LogP contribution is -2.45. The molecule has 2 unspecified atom stereocenters. The molecular weight excluding hydrogens is 449 g/mol. The molecule has 0 spiro atoms. The highest BCUT2D eigenvalue weighted by Crippen LogP contribution is 2.30. The van der Waals surface area contributed by atoms with E-state index in [0.717, 1.165) is 15.4 Å². The molecule has 2 heterocycles. The first kappa shape index (κ1) is 20.9. The second-order valence-corrected chi connectivity index (χ2v) is 8.66. The smallest absolute Gasteiger partial charge is 0.269 e. The maximum Gasteiger partial charge on any atom is 0.269 e. The summed E-state index contributed by atoms with van der Waals surface area (Å²) in [6.45, 7) is 5.56. The normalized spacial score (nSPS) is 19.3. The van der Waals surface area contributed by atoms with Crippen molar-refractivity contribution < 1.29 is 13.9 Å². The van der Waals surface area contributed by atoms with Crippen LogP contribution in [0, 0.1) is 5.82 Å². The molecule has 2 aromatic carbocycles. The third-order valence-corrected chi connectivity index (χ3v) is 6.29. The summed E-state index contributed by atoms with van der Waals surface area (Å²) in [5.74, 6) is -0.491. The van der Waals surface area contributed by atoms with Gasteiger partial charge in [0.2, 0.25) is 0 Å². The number of anilines is 1. The lowest BCUT2D eigenvalue weighted by molar-refractivity contribution is -0.00539. The molecule has 7 heteroatoms. The second-order valence-electron chi connectivity index (χ2n) is 7.87. The van der Waals surface area contributed by atoms with Gasteiger partial charge in [-0.25, -0.2) is 4.39 Å². The first-order valence-corrected chi connectivity index (χ1v) is 10.8. The molecule has 2 atom stereocenters. The number of para-hydroxylation sites is 1.